The molecular weight excluding hydrogens is 430 g/mol. The van der Waals surface area contributed by atoms with Crippen LogP contribution in [0, 0.1) is 11.8 Å². The summed E-state index contributed by atoms with van der Waals surface area (Å²) in [4.78, 5) is 12.9. The monoisotopic (exact) mass is 479 g/mol. The van der Waals surface area contributed by atoms with Crippen LogP contribution in [0.1, 0.15) is 111 Å². The molecular formula is C31H49N3O. The van der Waals surface area contributed by atoms with E-state index >= 15 is 0 Å². The van der Waals surface area contributed by atoms with Gasteiger partial charge in [0.1, 0.15) is 12.1 Å². The van der Waals surface area contributed by atoms with E-state index in [-0.39, 0.29) is 0 Å². The lowest BCUT2D eigenvalue weighted by molar-refractivity contribution is 0.415. The second-order valence-electron chi connectivity index (χ2n) is 9.93. The third-order valence-corrected chi connectivity index (χ3v) is 6.23. The maximum atomic E-state index is 5.20. The van der Waals surface area contributed by atoms with Gasteiger partial charge in [-0.2, -0.15) is 0 Å². The Balaban J connectivity index is 0.000000357. The first kappa shape index (κ1) is 30.5. The maximum absolute atomic E-state index is 5.20. The van der Waals surface area contributed by atoms with E-state index in [0.29, 0.717) is 0 Å². The molecule has 1 aliphatic rings. The number of hydrogen-bond acceptors (Lipinski definition) is 4. The van der Waals surface area contributed by atoms with Crippen molar-refractivity contribution in [3.63, 3.8) is 0 Å². The average Bonchev–Trinajstić information content (AvgIpc) is 3.35. The molecule has 0 aliphatic heterocycles. The molecule has 2 aromatic rings. The Morgan fingerprint density at radius 3 is 2.00 bits per heavy atom. The van der Waals surface area contributed by atoms with Crippen LogP contribution < -0.4 is 4.74 Å². The lowest BCUT2D eigenvalue weighted by atomic mass is 10.0. The van der Waals surface area contributed by atoms with Crippen molar-refractivity contribution in [2.75, 3.05) is 7.11 Å². The van der Waals surface area contributed by atoms with Gasteiger partial charge in [-0.3, -0.25) is 4.99 Å². The van der Waals surface area contributed by atoms with Gasteiger partial charge in [0.15, 0.2) is 0 Å². The molecule has 0 amide bonds. The standard InChI is InChI=1S/C17H19N3O.C8H18.C6H12/c1-12(2)20-17(13(3)16-9-10-18-11-19-16)14-5-7-15(21-4)8-6-14;1-4-6-8(3)7-5-2;1-6-4-2-3-5-6/h5-11H,1-4H3;8H,4-7H2,1-3H3;6H,2-5H2,1H3/b17-13+;;. The van der Waals surface area contributed by atoms with Gasteiger partial charge >= 0.3 is 0 Å². The van der Waals surface area contributed by atoms with Gasteiger partial charge in [0.2, 0.25) is 0 Å². The van der Waals surface area contributed by atoms with Crippen molar-refractivity contribution < 1.29 is 4.74 Å². The summed E-state index contributed by atoms with van der Waals surface area (Å²) in [5.74, 6) is 2.84. The van der Waals surface area contributed by atoms with Gasteiger partial charge < -0.3 is 4.74 Å². The number of methoxy groups -OCH3 is 1. The Labute approximate surface area is 215 Å². The highest BCUT2D eigenvalue weighted by atomic mass is 16.5. The van der Waals surface area contributed by atoms with Crippen molar-refractivity contribution >= 4 is 17.0 Å². The van der Waals surface area contributed by atoms with E-state index in [9.17, 15) is 0 Å². The summed E-state index contributed by atoms with van der Waals surface area (Å²) < 4.78 is 5.20. The van der Waals surface area contributed by atoms with Gasteiger partial charge in [0, 0.05) is 23.0 Å². The highest BCUT2D eigenvalue weighted by Gasteiger charge is 2.09. The summed E-state index contributed by atoms with van der Waals surface area (Å²) in [5.41, 5.74) is 4.84. The predicted molar refractivity (Wildman–Crippen MR) is 153 cm³/mol. The number of aliphatic imine (C=N–C) groups is 1. The summed E-state index contributed by atoms with van der Waals surface area (Å²) in [5, 5.41) is 0. The van der Waals surface area contributed by atoms with Gasteiger partial charge in [-0.25, -0.2) is 9.97 Å². The molecule has 1 heterocycles. The van der Waals surface area contributed by atoms with E-state index < -0.39 is 0 Å². The van der Waals surface area contributed by atoms with Crippen LogP contribution in [0.2, 0.25) is 0 Å². The molecule has 0 saturated heterocycles. The summed E-state index contributed by atoms with van der Waals surface area (Å²) in [6.45, 7) is 15.2. The zero-order chi connectivity index (χ0) is 26.1. The van der Waals surface area contributed by atoms with E-state index in [2.05, 4.69) is 42.7 Å². The first-order chi connectivity index (χ1) is 16.8. The molecule has 1 aliphatic carbocycles. The number of ether oxygens (including phenoxy) is 1. The second kappa shape index (κ2) is 17.9. The third-order valence-electron chi connectivity index (χ3n) is 6.23. The fraction of sp³-hybridized carbons (Fsp3) is 0.581. The SMILES string of the molecule is CC1CCCC1.CCCC(C)CCC.COc1ccc(/C(N=C(C)C)=C(/C)c2ccncn2)cc1. The molecule has 0 spiro atoms. The molecule has 194 valence electrons. The highest BCUT2D eigenvalue weighted by molar-refractivity contribution is 5.94. The minimum atomic E-state index is 0.829. The molecule has 1 aromatic carbocycles. The lowest BCUT2D eigenvalue weighted by Crippen LogP contribution is -1.94. The largest absolute Gasteiger partial charge is 0.497 e. The average molecular weight is 480 g/mol. The van der Waals surface area contributed by atoms with Gasteiger partial charge in [-0.05, 0) is 62.9 Å². The molecule has 0 unspecified atom stereocenters. The van der Waals surface area contributed by atoms with E-state index in [1.165, 1.54) is 51.4 Å². The molecule has 3 rings (SSSR count). The Morgan fingerprint density at radius 1 is 1.00 bits per heavy atom. The van der Waals surface area contributed by atoms with Crippen molar-refractivity contribution in [3.05, 3.63) is 54.1 Å². The van der Waals surface area contributed by atoms with Crippen molar-refractivity contribution in [1.82, 2.24) is 9.97 Å². The fourth-order valence-electron chi connectivity index (χ4n) is 4.23. The molecule has 1 saturated carbocycles. The van der Waals surface area contributed by atoms with Gasteiger partial charge in [0.25, 0.3) is 0 Å². The van der Waals surface area contributed by atoms with Crippen LogP contribution in [0.25, 0.3) is 11.3 Å². The number of benzene rings is 1. The molecule has 1 aromatic heterocycles. The minimum absolute atomic E-state index is 0.829. The second-order valence-corrected chi connectivity index (χ2v) is 9.93. The number of hydrogen-bond donors (Lipinski definition) is 0. The van der Waals surface area contributed by atoms with Gasteiger partial charge in [-0.15, -0.1) is 0 Å². The number of rotatable bonds is 8. The van der Waals surface area contributed by atoms with Crippen LogP contribution >= 0.6 is 0 Å². The normalized spacial score (nSPS) is 13.7. The Bertz CT molecular complexity index is 856. The van der Waals surface area contributed by atoms with Crippen LogP contribution in [0.3, 0.4) is 0 Å². The lowest BCUT2D eigenvalue weighted by Gasteiger charge is -2.10. The summed E-state index contributed by atoms with van der Waals surface area (Å²) in [6, 6.07) is 9.77. The van der Waals surface area contributed by atoms with Crippen molar-refractivity contribution in [3.8, 4) is 5.75 Å². The third kappa shape index (κ3) is 12.7. The van der Waals surface area contributed by atoms with Crippen LogP contribution in [-0.2, 0) is 0 Å². The smallest absolute Gasteiger partial charge is 0.118 e. The quantitative estimate of drug-likeness (QED) is 0.354. The molecule has 4 heteroatoms. The highest BCUT2D eigenvalue weighted by Crippen LogP contribution is 2.27. The van der Waals surface area contributed by atoms with E-state index in [0.717, 1.165) is 45.8 Å². The van der Waals surface area contributed by atoms with Crippen molar-refractivity contribution in [1.29, 1.82) is 0 Å². The van der Waals surface area contributed by atoms with E-state index in [4.69, 9.17) is 4.74 Å². The Hall–Kier alpha value is -2.49. The van der Waals surface area contributed by atoms with Crippen LogP contribution in [0.5, 0.6) is 5.75 Å². The zero-order valence-corrected chi connectivity index (χ0v) is 23.6. The molecule has 0 N–H and O–H groups in total. The molecule has 1 fully saturated rings. The topological polar surface area (TPSA) is 47.4 Å². The molecule has 0 bridgehead atoms. The summed E-state index contributed by atoms with van der Waals surface area (Å²) in [7, 11) is 1.66. The zero-order valence-electron chi connectivity index (χ0n) is 23.6. The number of allylic oxidation sites excluding steroid dienone is 1. The summed E-state index contributed by atoms with van der Waals surface area (Å²) in [6.07, 6.45) is 14.7. The number of nitrogens with zero attached hydrogens (tertiary/aromatic N) is 3. The van der Waals surface area contributed by atoms with Crippen molar-refractivity contribution in [2.45, 2.75) is 99.8 Å². The molecule has 35 heavy (non-hydrogen) atoms. The molecule has 0 atom stereocenters. The van der Waals surface area contributed by atoms with Gasteiger partial charge in [-0.1, -0.05) is 79.1 Å². The maximum Gasteiger partial charge on any atom is 0.118 e. The minimum Gasteiger partial charge on any atom is -0.497 e. The Morgan fingerprint density at radius 2 is 1.60 bits per heavy atom. The van der Waals surface area contributed by atoms with Crippen molar-refractivity contribution in [2.24, 2.45) is 16.8 Å². The van der Waals surface area contributed by atoms with Crippen LogP contribution in [0.15, 0.2) is 47.8 Å². The molecule has 0 radical (unpaired) electrons. The summed E-state index contributed by atoms with van der Waals surface area (Å²) >= 11 is 0. The van der Waals surface area contributed by atoms with Gasteiger partial charge in [0.05, 0.1) is 18.5 Å². The fourth-order valence-corrected chi connectivity index (χ4v) is 4.23. The van der Waals surface area contributed by atoms with E-state index in [1.807, 2.05) is 51.1 Å². The number of aromatic nitrogens is 2. The predicted octanol–water partition coefficient (Wildman–Crippen LogP) is 9.27. The molecule has 4 nitrogen and oxygen atoms in total. The van der Waals surface area contributed by atoms with E-state index in [1.54, 1.807) is 19.6 Å². The first-order valence-electron chi connectivity index (χ1n) is 13.5. The van der Waals surface area contributed by atoms with Crippen LogP contribution in [-0.4, -0.2) is 22.8 Å². The Kier molecular flexibility index (Phi) is 15.6. The van der Waals surface area contributed by atoms with Crippen LogP contribution in [0.4, 0.5) is 0 Å². The first-order valence-corrected chi connectivity index (χ1v) is 13.5.